The molecule has 0 atom stereocenters. The van der Waals surface area contributed by atoms with Crippen molar-refractivity contribution in [3.05, 3.63) is 71.8 Å². The zero-order chi connectivity index (χ0) is 16.6. The fraction of sp³-hybridized carbons (Fsp3) is 0. The van der Waals surface area contributed by atoms with Crippen LogP contribution in [-0.4, -0.2) is 27.3 Å². The van der Waals surface area contributed by atoms with Gasteiger partial charge in [-0.2, -0.15) is 14.9 Å². The first-order valence-electron chi connectivity index (χ1n) is 7.21. The van der Waals surface area contributed by atoms with Crippen molar-refractivity contribution in [1.29, 1.82) is 0 Å². The average Bonchev–Trinajstić information content (AvgIpc) is 2.97. The van der Waals surface area contributed by atoms with Gasteiger partial charge in [0.1, 0.15) is 0 Å². The number of benzene rings is 2. The summed E-state index contributed by atoms with van der Waals surface area (Å²) in [6.45, 7) is 0. The number of hydrogen-bond donors (Lipinski definition) is 3. The Balaban J connectivity index is 1.59. The van der Waals surface area contributed by atoms with Gasteiger partial charge in [-0.3, -0.25) is 0 Å². The summed E-state index contributed by atoms with van der Waals surface area (Å²) in [6.07, 6.45) is 3.32. The molecule has 8 heteroatoms. The highest BCUT2D eigenvalue weighted by molar-refractivity contribution is 5.80. The number of hydrogen-bond acceptors (Lipinski definition) is 7. The fourth-order valence-corrected chi connectivity index (χ4v) is 1.85. The molecule has 0 aliphatic heterocycles. The number of anilines is 2. The molecule has 0 spiro atoms. The third kappa shape index (κ3) is 3.95. The van der Waals surface area contributed by atoms with Crippen LogP contribution in [0.2, 0.25) is 0 Å². The van der Waals surface area contributed by atoms with Crippen molar-refractivity contribution in [1.82, 2.24) is 14.9 Å². The Bertz CT molecular complexity index is 755. The monoisotopic (exact) mass is 320 g/mol. The van der Waals surface area contributed by atoms with Gasteiger partial charge in [0.25, 0.3) is 11.9 Å². The van der Waals surface area contributed by atoms with Crippen molar-refractivity contribution in [3.8, 4) is 0 Å². The maximum absolute atomic E-state index is 5.88. The fourth-order valence-electron chi connectivity index (χ4n) is 1.85. The van der Waals surface area contributed by atoms with E-state index in [1.165, 1.54) is 4.68 Å². The highest BCUT2D eigenvalue weighted by Crippen LogP contribution is 2.07. The van der Waals surface area contributed by atoms with Crippen LogP contribution in [-0.2, 0) is 0 Å². The van der Waals surface area contributed by atoms with E-state index in [0.717, 1.165) is 11.1 Å². The molecule has 2 aromatic carbocycles. The molecule has 0 saturated heterocycles. The van der Waals surface area contributed by atoms with Crippen molar-refractivity contribution in [2.45, 2.75) is 0 Å². The lowest BCUT2D eigenvalue weighted by molar-refractivity contribution is 0.981. The molecule has 0 bridgehead atoms. The van der Waals surface area contributed by atoms with Crippen LogP contribution in [0.4, 0.5) is 11.9 Å². The third-order valence-corrected chi connectivity index (χ3v) is 3.05. The number of aromatic nitrogens is 3. The van der Waals surface area contributed by atoms with Crippen molar-refractivity contribution >= 4 is 24.3 Å². The lowest BCUT2D eigenvalue weighted by Gasteiger charge is -2.01. The van der Waals surface area contributed by atoms with Gasteiger partial charge in [-0.25, -0.2) is 10.9 Å². The quantitative estimate of drug-likeness (QED) is 0.365. The summed E-state index contributed by atoms with van der Waals surface area (Å²) in [4.78, 5) is 0. The van der Waals surface area contributed by atoms with E-state index in [-0.39, 0.29) is 0 Å². The van der Waals surface area contributed by atoms with Crippen LogP contribution in [0.1, 0.15) is 11.1 Å². The van der Waals surface area contributed by atoms with Crippen LogP contribution in [0.15, 0.2) is 70.9 Å². The van der Waals surface area contributed by atoms with Gasteiger partial charge in [0.15, 0.2) is 0 Å². The van der Waals surface area contributed by atoms with Crippen molar-refractivity contribution in [2.24, 2.45) is 10.2 Å². The van der Waals surface area contributed by atoms with Crippen LogP contribution in [0.25, 0.3) is 0 Å². The van der Waals surface area contributed by atoms with Crippen LogP contribution in [0.5, 0.6) is 0 Å². The van der Waals surface area contributed by atoms with Gasteiger partial charge >= 0.3 is 0 Å². The Morgan fingerprint density at radius 1 is 0.750 bits per heavy atom. The van der Waals surface area contributed by atoms with Gasteiger partial charge in [0, 0.05) is 0 Å². The Morgan fingerprint density at radius 3 is 1.58 bits per heavy atom. The van der Waals surface area contributed by atoms with Crippen LogP contribution in [0.3, 0.4) is 0 Å². The van der Waals surface area contributed by atoms with Gasteiger partial charge in [0.2, 0.25) is 0 Å². The Kier molecular flexibility index (Phi) is 4.78. The molecule has 0 fully saturated rings. The zero-order valence-electron chi connectivity index (χ0n) is 12.7. The number of rotatable bonds is 6. The molecule has 4 N–H and O–H groups in total. The molecular formula is C16H16N8. The number of nitrogens with one attached hydrogen (secondary N) is 2. The smallest absolute Gasteiger partial charge is 0.265 e. The minimum Gasteiger partial charge on any atom is -0.333 e. The first-order chi connectivity index (χ1) is 11.8. The third-order valence-electron chi connectivity index (χ3n) is 3.05. The molecule has 24 heavy (non-hydrogen) atoms. The predicted molar refractivity (Wildman–Crippen MR) is 95.5 cm³/mol. The Hall–Kier alpha value is -3.68. The highest BCUT2D eigenvalue weighted by Gasteiger charge is 2.07. The molecule has 8 nitrogen and oxygen atoms in total. The SMILES string of the molecule is Nn1c(NN=Cc2ccccc2)nnc1NN=Cc1ccccc1. The summed E-state index contributed by atoms with van der Waals surface area (Å²) in [5.41, 5.74) is 7.38. The first kappa shape index (κ1) is 15.2. The second-order valence-corrected chi connectivity index (χ2v) is 4.78. The van der Waals surface area contributed by atoms with Crippen molar-refractivity contribution in [3.63, 3.8) is 0 Å². The molecule has 0 aliphatic rings. The minimum atomic E-state index is 0.291. The summed E-state index contributed by atoms with van der Waals surface area (Å²) in [5, 5.41) is 15.9. The van der Waals surface area contributed by atoms with E-state index in [1.54, 1.807) is 12.4 Å². The van der Waals surface area contributed by atoms with E-state index in [2.05, 4.69) is 31.3 Å². The summed E-state index contributed by atoms with van der Waals surface area (Å²) >= 11 is 0. The lowest BCUT2D eigenvalue weighted by Crippen LogP contribution is -2.14. The molecule has 0 radical (unpaired) electrons. The normalized spacial score (nSPS) is 11.2. The van der Waals surface area contributed by atoms with E-state index in [1.807, 2.05) is 60.7 Å². The molecule has 3 rings (SSSR count). The summed E-state index contributed by atoms with van der Waals surface area (Å²) in [7, 11) is 0. The topological polar surface area (TPSA) is 106 Å². The Labute approximate surface area is 138 Å². The summed E-state index contributed by atoms with van der Waals surface area (Å²) in [5.74, 6) is 6.46. The number of nitrogen functional groups attached to an aromatic ring is 1. The molecule has 0 saturated carbocycles. The van der Waals surface area contributed by atoms with Crippen LogP contribution < -0.4 is 16.7 Å². The molecule has 0 amide bonds. The van der Waals surface area contributed by atoms with E-state index < -0.39 is 0 Å². The van der Waals surface area contributed by atoms with Gasteiger partial charge in [-0.05, 0) is 11.1 Å². The number of nitrogens with zero attached hydrogens (tertiary/aromatic N) is 5. The van der Waals surface area contributed by atoms with Gasteiger partial charge < -0.3 is 5.84 Å². The number of hydrazone groups is 2. The molecule has 1 aromatic heterocycles. The maximum Gasteiger partial charge on any atom is 0.265 e. The lowest BCUT2D eigenvalue weighted by atomic mass is 10.2. The second kappa shape index (κ2) is 7.54. The molecule has 0 aliphatic carbocycles. The van der Waals surface area contributed by atoms with E-state index >= 15 is 0 Å². The summed E-state index contributed by atoms with van der Waals surface area (Å²) < 4.78 is 1.23. The first-order valence-corrected chi connectivity index (χ1v) is 7.21. The minimum absolute atomic E-state index is 0.291. The van der Waals surface area contributed by atoms with E-state index in [4.69, 9.17) is 5.84 Å². The average molecular weight is 320 g/mol. The van der Waals surface area contributed by atoms with Crippen LogP contribution >= 0.6 is 0 Å². The zero-order valence-corrected chi connectivity index (χ0v) is 12.7. The molecular weight excluding hydrogens is 304 g/mol. The van der Waals surface area contributed by atoms with Gasteiger partial charge in [0.05, 0.1) is 12.4 Å². The molecule has 0 unspecified atom stereocenters. The predicted octanol–water partition coefficient (Wildman–Crippen LogP) is 1.88. The van der Waals surface area contributed by atoms with Gasteiger partial charge in [-0.15, -0.1) is 10.2 Å². The van der Waals surface area contributed by atoms with Crippen molar-refractivity contribution in [2.75, 3.05) is 16.7 Å². The molecule has 120 valence electrons. The molecule has 3 aromatic rings. The van der Waals surface area contributed by atoms with Crippen LogP contribution in [0, 0.1) is 0 Å². The summed E-state index contributed by atoms with van der Waals surface area (Å²) in [6, 6.07) is 19.3. The largest absolute Gasteiger partial charge is 0.333 e. The molecule has 1 heterocycles. The second-order valence-electron chi connectivity index (χ2n) is 4.78. The number of nitrogens with two attached hydrogens (primary N) is 1. The van der Waals surface area contributed by atoms with Gasteiger partial charge in [-0.1, -0.05) is 60.7 Å². The Morgan fingerprint density at radius 2 is 1.17 bits per heavy atom. The van der Waals surface area contributed by atoms with Crippen molar-refractivity contribution < 1.29 is 0 Å². The highest BCUT2D eigenvalue weighted by atomic mass is 15.6. The standard InChI is InChI=1S/C16H16N8/c17-24-15(20-18-11-13-7-3-1-4-8-13)22-23-16(24)21-19-12-14-9-5-2-6-10-14/h1-12H,17H2,(H,20,22)(H,21,23). The van der Waals surface area contributed by atoms with E-state index in [9.17, 15) is 0 Å². The van der Waals surface area contributed by atoms with E-state index in [0.29, 0.717) is 11.9 Å². The maximum atomic E-state index is 5.88.